The van der Waals surface area contributed by atoms with Gasteiger partial charge in [-0.25, -0.2) is 9.97 Å². The minimum absolute atomic E-state index is 1.04. The van der Waals surface area contributed by atoms with Crippen molar-refractivity contribution in [1.82, 2.24) is 9.97 Å². The Morgan fingerprint density at radius 3 is 2.71 bits per heavy atom. The second kappa shape index (κ2) is 6.93. The van der Waals surface area contributed by atoms with Crippen LogP contribution in [0.2, 0.25) is 0 Å². The van der Waals surface area contributed by atoms with Crippen molar-refractivity contribution in [2.75, 3.05) is 0 Å². The number of rotatable bonds is 6. The number of aryl methyl sites for hydroxylation is 1. The third-order valence-corrected chi connectivity index (χ3v) is 2.92. The second-order valence-electron chi connectivity index (χ2n) is 3.48. The van der Waals surface area contributed by atoms with Crippen molar-refractivity contribution >= 4 is 15.9 Å². The van der Waals surface area contributed by atoms with Crippen molar-refractivity contribution in [3.63, 3.8) is 0 Å². The lowest BCUT2D eigenvalue weighted by molar-refractivity contribution is 0.627. The molecule has 0 aliphatic rings. The molecule has 3 heteroatoms. The third-order valence-electron chi connectivity index (χ3n) is 2.26. The smallest absolute Gasteiger partial charge is 0.115 e. The van der Waals surface area contributed by atoms with E-state index in [1.165, 1.54) is 32.1 Å². The minimum Gasteiger partial charge on any atom is -0.244 e. The zero-order valence-corrected chi connectivity index (χ0v) is 10.3. The number of unbranched alkanes of at least 4 members (excludes halogenated alkanes) is 4. The van der Waals surface area contributed by atoms with Crippen LogP contribution in [0.25, 0.3) is 0 Å². The number of nitrogens with zero attached hydrogens (tertiary/aromatic N) is 2. The summed E-state index contributed by atoms with van der Waals surface area (Å²) in [5, 5.41) is 0. The van der Waals surface area contributed by atoms with Crippen molar-refractivity contribution in [3.05, 3.63) is 22.7 Å². The third kappa shape index (κ3) is 4.18. The van der Waals surface area contributed by atoms with Crippen LogP contribution in [0.4, 0.5) is 0 Å². The zero-order valence-electron chi connectivity index (χ0n) is 8.67. The molecule has 0 amide bonds. The van der Waals surface area contributed by atoms with E-state index in [-0.39, 0.29) is 0 Å². The van der Waals surface area contributed by atoms with Crippen molar-refractivity contribution in [2.45, 2.75) is 45.4 Å². The fourth-order valence-electron chi connectivity index (χ4n) is 1.42. The summed E-state index contributed by atoms with van der Waals surface area (Å²) < 4.78 is 1.04. The Bertz CT molecular complexity index is 263. The quantitative estimate of drug-likeness (QED) is 0.725. The minimum atomic E-state index is 1.04. The maximum absolute atomic E-state index is 4.24. The molecule has 0 aliphatic heterocycles. The van der Waals surface area contributed by atoms with Gasteiger partial charge in [0.05, 0.1) is 10.2 Å². The maximum atomic E-state index is 4.24. The molecule has 2 nitrogen and oxygen atoms in total. The van der Waals surface area contributed by atoms with E-state index in [4.69, 9.17) is 0 Å². The molecule has 0 fully saturated rings. The highest BCUT2D eigenvalue weighted by atomic mass is 79.9. The van der Waals surface area contributed by atoms with Gasteiger partial charge in [0.2, 0.25) is 0 Å². The Morgan fingerprint density at radius 1 is 1.21 bits per heavy atom. The predicted molar refractivity (Wildman–Crippen MR) is 62.2 cm³/mol. The SMILES string of the molecule is CCCCCCCc1ncncc1Br. The van der Waals surface area contributed by atoms with E-state index in [1.54, 1.807) is 6.33 Å². The molecular formula is C11H17BrN2. The lowest BCUT2D eigenvalue weighted by atomic mass is 10.1. The number of aromatic nitrogens is 2. The number of halogens is 1. The summed E-state index contributed by atoms with van der Waals surface area (Å²) in [6, 6.07) is 0. The second-order valence-corrected chi connectivity index (χ2v) is 4.34. The maximum Gasteiger partial charge on any atom is 0.115 e. The fraction of sp³-hybridized carbons (Fsp3) is 0.636. The van der Waals surface area contributed by atoms with Gasteiger partial charge >= 0.3 is 0 Å². The highest BCUT2D eigenvalue weighted by Crippen LogP contribution is 2.15. The highest BCUT2D eigenvalue weighted by Gasteiger charge is 1.99. The number of hydrogen-bond donors (Lipinski definition) is 0. The van der Waals surface area contributed by atoms with Gasteiger partial charge in [-0.05, 0) is 28.8 Å². The van der Waals surface area contributed by atoms with Crippen LogP contribution in [-0.4, -0.2) is 9.97 Å². The van der Waals surface area contributed by atoms with Crippen molar-refractivity contribution in [1.29, 1.82) is 0 Å². The lowest BCUT2D eigenvalue weighted by Crippen LogP contribution is -1.92. The summed E-state index contributed by atoms with van der Waals surface area (Å²) in [6.07, 6.45) is 11.0. The predicted octanol–water partition coefficient (Wildman–Crippen LogP) is 3.75. The fourth-order valence-corrected chi connectivity index (χ4v) is 1.84. The Kier molecular flexibility index (Phi) is 5.76. The lowest BCUT2D eigenvalue weighted by Gasteiger charge is -2.02. The van der Waals surface area contributed by atoms with E-state index >= 15 is 0 Å². The molecule has 0 radical (unpaired) electrons. The molecule has 1 aromatic rings. The van der Waals surface area contributed by atoms with Crippen LogP contribution in [0, 0.1) is 0 Å². The van der Waals surface area contributed by atoms with E-state index in [9.17, 15) is 0 Å². The van der Waals surface area contributed by atoms with Gasteiger partial charge in [0.1, 0.15) is 6.33 Å². The molecule has 0 saturated carbocycles. The summed E-state index contributed by atoms with van der Waals surface area (Å²) in [7, 11) is 0. The molecule has 0 aliphatic carbocycles. The average molecular weight is 257 g/mol. The molecule has 0 aromatic carbocycles. The Morgan fingerprint density at radius 2 is 2.00 bits per heavy atom. The van der Waals surface area contributed by atoms with Crippen LogP contribution in [0.5, 0.6) is 0 Å². The van der Waals surface area contributed by atoms with E-state index in [0.717, 1.165) is 16.6 Å². The van der Waals surface area contributed by atoms with E-state index in [0.29, 0.717) is 0 Å². The van der Waals surface area contributed by atoms with Gasteiger partial charge in [0.25, 0.3) is 0 Å². The van der Waals surface area contributed by atoms with E-state index in [2.05, 4.69) is 32.8 Å². The molecule has 1 aromatic heterocycles. The molecule has 1 rings (SSSR count). The first-order valence-corrected chi connectivity index (χ1v) is 6.08. The van der Waals surface area contributed by atoms with Crippen molar-refractivity contribution < 1.29 is 0 Å². The van der Waals surface area contributed by atoms with Crippen molar-refractivity contribution in [3.8, 4) is 0 Å². The van der Waals surface area contributed by atoms with E-state index in [1.807, 2.05) is 6.20 Å². The van der Waals surface area contributed by atoms with Crippen LogP contribution < -0.4 is 0 Å². The van der Waals surface area contributed by atoms with Gasteiger partial charge in [-0.2, -0.15) is 0 Å². The molecule has 0 spiro atoms. The van der Waals surface area contributed by atoms with Gasteiger partial charge in [-0.15, -0.1) is 0 Å². The first kappa shape index (κ1) is 11.6. The van der Waals surface area contributed by atoms with Crippen LogP contribution in [0.1, 0.15) is 44.7 Å². The summed E-state index contributed by atoms with van der Waals surface area (Å²) in [5.74, 6) is 0. The largest absolute Gasteiger partial charge is 0.244 e. The first-order valence-electron chi connectivity index (χ1n) is 5.29. The van der Waals surface area contributed by atoms with Gasteiger partial charge in [-0.1, -0.05) is 32.6 Å². The number of hydrogen-bond acceptors (Lipinski definition) is 2. The Labute approximate surface area is 94.3 Å². The van der Waals surface area contributed by atoms with Gasteiger partial charge in [0.15, 0.2) is 0 Å². The van der Waals surface area contributed by atoms with Crippen LogP contribution in [0.15, 0.2) is 17.0 Å². The van der Waals surface area contributed by atoms with Gasteiger partial charge in [-0.3, -0.25) is 0 Å². The van der Waals surface area contributed by atoms with Crippen LogP contribution >= 0.6 is 15.9 Å². The summed E-state index contributed by atoms with van der Waals surface area (Å²) in [4.78, 5) is 8.18. The van der Waals surface area contributed by atoms with Crippen molar-refractivity contribution in [2.24, 2.45) is 0 Å². The van der Waals surface area contributed by atoms with Gasteiger partial charge < -0.3 is 0 Å². The summed E-state index contributed by atoms with van der Waals surface area (Å²) in [6.45, 7) is 2.24. The monoisotopic (exact) mass is 256 g/mol. The van der Waals surface area contributed by atoms with Crippen LogP contribution in [-0.2, 0) is 6.42 Å². The molecule has 78 valence electrons. The normalized spacial score (nSPS) is 10.4. The zero-order chi connectivity index (χ0) is 10.2. The average Bonchev–Trinajstić information content (AvgIpc) is 2.20. The molecule has 1 heterocycles. The first-order chi connectivity index (χ1) is 6.84. The Balaban J connectivity index is 2.21. The molecule has 14 heavy (non-hydrogen) atoms. The molecule has 0 atom stereocenters. The molecular weight excluding hydrogens is 240 g/mol. The van der Waals surface area contributed by atoms with E-state index < -0.39 is 0 Å². The summed E-state index contributed by atoms with van der Waals surface area (Å²) >= 11 is 3.45. The highest BCUT2D eigenvalue weighted by molar-refractivity contribution is 9.10. The molecule has 0 bridgehead atoms. The molecule has 0 saturated heterocycles. The topological polar surface area (TPSA) is 25.8 Å². The van der Waals surface area contributed by atoms with Crippen LogP contribution in [0.3, 0.4) is 0 Å². The standard InChI is InChI=1S/C11H17BrN2/c1-2-3-4-5-6-7-11-10(12)8-13-9-14-11/h8-9H,2-7H2,1H3. The van der Waals surface area contributed by atoms with Gasteiger partial charge in [0, 0.05) is 6.20 Å². The summed E-state index contributed by atoms with van der Waals surface area (Å²) in [5.41, 5.74) is 1.14. The molecule has 0 N–H and O–H groups in total. The molecule has 0 unspecified atom stereocenters. The Hall–Kier alpha value is -0.440.